The Morgan fingerprint density at radius 1 is 0.396 bits per heavy atom. The first-order valence-corrected chi connectivity index (χ1v) is 20.0. The first-order valence-electron chi connectivity index (χ1n) is 20.0. The van der Waals surface area contributed by atoms with Crippen molar-refractivity contribution in [1.29, 1.82) is 0 Å². The van der Waals surface area contributed by atoms with Crippen LogP contribution in [0.4, 0.5) is 0 Å². The van der Waals surface area contributed by atoms with E-state index in [9.17, 15) is 0 Å². The Balaban J connectivity index is 1.12. The standard InChI is InChI=1S/C53H46/c1-52(2)46-26-35(32-16-8-5-9-17-32)24-25-37(46)42-27-43-40(30-47(42)52)41-31-48-45(28-44(41)50(43)34-20-12-7-13-21-34)51-38-23-15-14-22-36(38)39(29-49(51)53(48,3)4)33-18-10-6-11-19-33/h5-6,8-11,14-19,22-31,34,50H,7,12-13,20-21H2,1-4H3. The molecule has 0 aliphatic heterocycles. The van der Waals surface area contributed by atoms with Crippen LogP contribution in [-0.2, 0) is 10.8 Å². The topological polar surface area (TPSA) is 0 Å². The van der Waals surface area contributed by atoms with Crippen LogP contribution >= 0.6 is 0 Å². The van der Waals surface area contributed by atoms with E-state index in [1.54, 1.807) is 11.1 Å². The fourth-order valence-corrected chi connectivity index (χ4v) is 11.2. The average Bonchev–Trinajstić information content (AvgIpc) is 3.72. The van der Waals surface area contributed by atoms with E-state index in [4.69, 9.17) is 0 Å². The van der Waals surface area contributed by atoms with Crippen LogP contribution in [0.15, 0.2) is 133 Å². The van der Waals surface area contributed by atoms with Crippen LogP contribution in [0.1, 0.15) is 99.1 Å². The molecule has 0 saturated heterocycles. The predicted octanol–water partition coefficient (Wildman–Crippen LogP) is 14.5. The molecule has 4 aliphatic carbocycles. The highest BCUT2D eigenvalue weighted by molar-refractivity contribution is 6.09. The van der Waals surface area contributed by atoms with E-state index >= 15 is 0 Å². The summed E-state index contributed by atoms with van der Waals surface area (Å²) in [5.41, 5.74) is 22.8. The lowest BCUT2D eigenvalue weighted by Crippen LogP contribution is -2.17. The maximum absolute atomic E-state index is 2.68. The number of rotatable bonds is 3. The van der Waals surface area contributed by atoms with Gasteiger partial charge in [-0.15, -0.1) is 0 Å². The molecule has 1 atom stereocenters. The summed E-state index contributed by atoms with van der Waals surface area (Å²) in [4.78, 5) is 0. The molecule has 1 unspecified atom stereocenters. The van der Waals surface area contributed by atoms with Crippen molar-refractivity contribution in [1.82, 2.24) is 0 Å². The first-order chi connectivity index (χ1) is 25.8. The van der Waals surface area contributed by atoms with Crippen molar-refractivity contribution in [2.24, 2.45) is 5.92 Å². The van der Waals surface area contributed by atoms with Crippen molar-refractivity contribution in [3.05, 3.63) is 167 Å². The van der Waals surface area contributed by atoms with Gasteiger partial charge in [-0.3, -0.25) is 0 Å². The van der Waals surface area contributed by atoms with E-state index in [-0.39, 0.29) is 10.8 Å². The molecule has 0 nitrogen and oxygen atoms in total. The van der Waals surface area contributed by atoms with Crippen LogP contribution in [0.2, 0.25) is 0 Å². The Bertz CT molecular complexity index is 2630. The van der Waals surface area contributed by atoms with Crippen molar-refractivity contribution in [2.45, 2.75) is 76.5 Å². The Kier molecular flexibility index (Phi) is 6.60. The molecule has 0 aromatic heterocycles. The highest BCUT2D eigenvalue weighted by Crippen LogP contribution is 2.61. The minimum absolute atomic E-state index is 0.0768. The summed E-state index contributed by atoms with van der Waals surface area (Å²) < 4.78 is 0. The molecular weight excluding hydrogens is 637 g/mol. The van der Waals surface area contributed by atoms with E-state index < -0.39 is 0 Å². The van der Waals surface area contributed by atoms with Crippen LogP contribution < -0.4 is 0 Å². The zero-order valence-corrected chi connectivity index (χ0v) is 31.4. The van der Waals surface area contributed by atoms with Crippen molar-refractivity contribution in [3.8, 4) is 55.6 Å². The molecular formula is C53H46. The zero-order chi connectivity index (χ0) is 35.6. The number of hydrogen-bond acceptors (Lipinski definition) is 0. The van der Waals surface area contributed by atoms with Crippen LogP contribution in [-0.4, -0.2) is 0 Å². The van der Waals surface area contributed by atoms with Gasteiger partial charge < -0.3 is 0 Å². The summed E-state index contributed by atoms with van der Waals surface area (Å²) in [7, 11) is 0. The van der Waals surface area contributed by atoms with Gasteiger partial charge in [-0.25, -0.2) is 0 Å². The molecule has 7 aromatic carbocycles. The molecule has 0 N–H and O–H groups in total. The van der Waals surface area contributed by atoms with Gasteiger partial charge in [-0.1, -0.05) is 144 Å². The Labute approximate surface area is 314 Å². The summed E-state index contributed by atoms with van der Waals surface area (Å²) >= 11 is 0. The smallest absolute Gasteiger partial charge is 0.0159 e. The molecule has 0 spiro atoms. The molecule has 0 heteroatoms. The molecule has 1 fully saturated rings. The Hall–Kier alpha value is -5.20. The van der Waals surface area contributed by atoms with Crippen LogP contribution in [0.3, 0.4) is 0 Å². The van der Waals surface area contributed by atoms with Gasteiger partial charge in [0, 0.05) is 16.7 Å². The summed E-state index contributed by atoms with van der Waals surface area (Å²) in [5, 5.41) is 2.73. The fourth-order valence-electron chi connectivity index (χ4n) is 11.2. The minimum atomic E-state index is -0.115. The van der Waals surface area contributed by atoms with Gasteiger partial charge in [0.15, 0.2) is 0 Å². The average molecular weight is 683 g/mol. The summed E-state index contributed by atoms with van der Waals surface area (Å²) in [6.45, 7) is 9.83. The third kappa shape index (κ3) is 4.36. The zero-order valence-electron chi connectivity index (χ0n) is 31.4. The third-order valence-electron chi connectivity index (χ3n) is 14.0. The molecule has 0 heterocycles. The summed E-state index contributed by atoms with van der Waals surface area (Å²) in [5.74, 6) is 1.12. The van der Waals surface area contributed by atoms with Crippen molar-refractivity contribution >= 4 is 10.8 Å². The van der Waals surface area contributed by atoms with Crippen LogP contribution in [0.5, 0.6) is 0 Å². The molecule has 53 heavy (non-hydrogen) atoms. The predicted molar refractivity (Wildman–Crippen MR) is 224 cm³/mol. The van der Waals surface area contributed by atoms with Gasteiger partial charge in [-0.05, 0) is 155 Å². The molecule has 1 saturated carbocycles. The second kappa shape index (κ2) is 11.2. The maximum Gasteiger partial charge on any atom is 0.0159 e. The molecule has 258 valence electrons. The summed E-state index contributed by atoms with van der Waals surface area (Å²) in [6.07, 6.45) is 6.72. The van der Waals surface area contributed by atoms with E-state index in [1.807, 2.05) is 0 Å². The quantitative estimate of drug-likeness (QED) is 0.174. The largest absolute Gasteiger partial charge is 0.0622 e. The fraction of sp³-hybridized carbons (Fsp3) is 0.245. The van der Waals surface area contributed by atoms with Crippen molar-refractivity contribution < 1.29 is 0 Å². The molecule has 0 radical (unpaired) electrons. The summed E-state index contributed by atoms with van der Waals surface area (Å²) in [6, 6.07) is 51.4. The molecule has 0 amide bonds. The van der Waals surface area contributed by atoms with Gasteiger partial charge in [0.05, 0.1) is 0 Å². The number of benzene rings is 7. The second-order valence-electron chi connectivity index (χ2n) is 17.5. The second-order valence-corrected chi connectivity index (χ2v) is 17.5. The van der Waals surface area contributed by atoms with Crippen molar-refractivity contribution in [3.63, 3.8) is 0 Å². The SMILES string of the molecule is CC1(C)c2cc(-c3ccccc3)ccc2-c2cc3c(cc21)-c1cc2c(cc1C3C1CCCCC1)-c1c(cc(-c3ccccc3)c3ccccc13)C2(C)C. The molecule has 11 rings (SSSR count). The molecule has 4 aliphatic rings. The normalized spacial score (nSPS) is 18.6. The third-order valence-corrected chi connectivity index (χ3v) is 14.0. The molecule has 7 aromatic rings. The van der Waals surface area contributed by atoms with E-state index in [0.29, 0.717) is 11.8 Å². The van der Waals surface area contributed by atoms with E-state index in [1.165, 1.54) is 121 Å². The Morgan fingerprint density at radius 2 is 0.943 bits per heavy atom. The van der Waals surface area contributed by atoms with Gasteiger partial charge in [0.2, 0.25) is 0 Å². The van der Waals surface area contributed by atoms with Gasteiger partial charge >= 0.3 is 0 Å². The van der Waals surface area contributed by atoms with Gasteiger partial charge in [0.1, 0.15) is 0 Å². The highest BCUT2D eigenvalue weighted by atomic mass is 14.5. The van der Waals surface area contributed by atoms with Gasteiger partial charge in [-0.2, -0.15) is 0 Å². The monoisotopic (exact) mass is 682 g/mol. The number of hydrogen-bond donors (Lipinski definition) is 0. The van der Waals surface area contributed by atoms with Crippen molar-refractivity contribution in [2.75, 3.05) is 0 Å². The molecule has 0 bridgehead atoms. The van der Waals surface area contributed by atoms with Gasteiger partial charge in [0.25, 0.3) is 0 Å². The van der Waals surface area contributed by atoms with E-state index in [2.05, 4.69) is 161 Å². The lowest BCUT2D eigenvalue weighted by atomic mass is 9.74. The van der Waals surface area contributed by atoms with Crippen LogP contribution in [0.25, 0.3) is 66.4 Å². The van der Waals surface area contributed by atoms with Crippen LogP contribution in [0, 0.1) is 5.92 Å². The number of fused-ring (bicyclic) bond motifs is 11. The maximum atomic E-state index is 2.68. The minimum Gasteiger partial charge on any atom is -0.0622 e. The first kappa shape index (κ1) is 31.3. The Morgan fingerprint density at radius 3 is 1.64 bits per heavy atom. The lowest BCUT2D eigenvalue weighted by molar-refractivity contribution is 0.330. The lowest BCUT2D eigenvalue weighted by Gasteiger charge is -2.30. The highest BCUT2D eigenvalue weighted by Gasteiger charge is 2.44. The van der Waals surface area contributed by atoms with E-state index in [0.717, 1.165) is 0 Å².